The first-order valence-corrected chi connectivity index (χ1v) is 9.02. The molecule has 0 saturated carbocycles. The number of nitrogens with one attached hydrogen (secondary N) is 1. The number of amides is 2. The number of urea groups is 1. The smallest absolute Gasteiger partial charge is 0.318 e. The first-order chi connectivity index (χ1) is 12.1. The second-order valence-electron chi connectivity index (χ2n) is 6.15. The van der Waals surface area contributed by atoms with E-state index in [2.05, 4.69) is 57.1 Å². The number of hydrogen-bond acceptors (Lipinski definition) is 1. The average molecular weight is 396 g/mol. The van der Waals surface area contributed by atoms with E-state index in [1.807, 2.05) is 47.4 Å². The van der Waals surface area contributed by atoms with Crippen molar-refractivity contribution in [2.24, 2.45) is 0 Å². The van der Waals surface area contributed by atoms with E-state index < -0.39 is 0 Å². The van der Waals surface area contributed by atoms with Crippen LogP contribution < -0.4 is 5.32 Å². The first kappa shape index (κ1) is 16.0. The Morgan fingerprint density at radius 1 is 1.08 bits per heavy atom. The molecule has 0 radical (unpaired) electrons. The Morgan fingerprint density at radius 2 is 1.84 bits per heavy atom. The van der Waals surface area contributed by atoms with Gasteiger partial charge < -0.3 is 14.8 Å². The zero-order valence-electron chi connectivity index (χ0n) is 13.8. The Labute approximate surface area is 155 Å². The number of hydrogen-bond donors (Lipinski definition) is 1. The molecule has 4 rings (SSSR count). The molecule has 3 aromatic rings. The van der Waals surface area contributed by atoms with Crippen LogP contribution in [-0.2, 0) is 6.54 Å². The summed E-state index contributed by atoms with van der Waals surface area (Å²) in [7, 11) is 0. The minimum atomic E-state index is -0.108. The molecule has 1 aliphatic heterocycles. The van der Waals surface area contributed by atoms with E-state index in [-0.39, 0.29) is 12.1 Å². The van der Waals surface area contributed by atoms with E-state index in [1.165, 1.54) is 0 Å². The molecule has 4 nitrogen and oxygen atoms in total. The molecular weight excluding hydrogens is 378 g/mol. The van der Waals surface area contributed by atoms with E-state index in [4.69, 9.17) is 0 Å². The average Bonchev–Trinajstić information content (AvgIpc) is 3.07. The number of aromatic nitrogens is 1. The maximum absolute atomic E-state index is 13.0. The number of carbonyl (C=O) groups excluding carboxylic acids is 1. The number of nitrogens with zero attached hydrogens (tertiary/aromatic N) is 2. The van der Waals surface area contributed by atoms with Gasteiger partial charge in [0, 0.05) is 16.4 Å². The summed E-state index contributed by atoms with van der Waals surface area (Å²) in [5, 5.41) is 3.02. The lowest BCUT2D eigenvalue weighted by atomic mass is 10.1. The van der Waals surface area contributed by atoms with Crippen LogP contribution >= 0.6 is 15.9 Å². The van der Waals surface area contributed by atoms with E-state index in [9.17, 15) is 4.79 Å². The van der Waals surface area contributed by atoms with Crippen LogP contribution in [0.4, 0.5) is 10.5 Å². The minimum absolute atomic E-state index is 0.0371. The number of halogens is 1. The fourth-order valence-electron chi connectivity index (χ4n) is 3.31. The Bertz CT molecular complexity index is 934. The van der Waals surface area contributed by atoms with Crippen LogP contribution in [0.3, 0.4) is 0 Å². The van der Waals surface area contributed by atoms with Gasteiger partial charge in [0.1, 0.15) is 0 Å². The highest BCUT2D eigenvalue weighted by Gasteiger charge is 2.28. The van der Waals surface area contributed by atoms with Crippen molar-refractivity contribution in [2.75, 3.05) is 5.32 Å². The molecule has 2 aromatic carbocycles. The fraction of sp³-hybridized carbons (Fsp3) is 0.150. The number of para-hydroxylation sites is 2. The fourth-order valence-corrected chi connectivity index (χ4v) is 3.69. The maximum Gasteiger partial charge on any atom is 0.322 e. The Morgan fingerprint density at radius 3 is 2.68 bits per heavy atom. The highest BCUT2D eigenvalue weighted by Crippen LogP contribution is 2.32. The van der Waals surface area contributed by atoms with Gasteiger partial charge in [-0.1, -0.05) is 30.3 Å². The van der Waals surface area contributed by atoms with Gasteiger partial charge in [0.15, 0.2) is 0 Å². The normalized spacial score (nSPS) is 15.9. The molecule has 1 N–H and O–H groups in total. The first-order valence-electron chi connectivity index (χ1n) is 8.23. The van der Waals surface area contributed by atoms with Crippen LogP contribution in [0.1, 0.15) is 24.2 Å². The van der Waals surface area contributed by atoms with Gasteiger partial charge in [0.25, 0.3) is 0 Å². The number of fused-ring (bicyclic) bond motifs is 3. The third-order valence-electron chi connectivity index (χ3n) is 4.64. The molecule has 1 atom stereocenters. The van der Waals surface area contributed by atoms with Crippen LogP contribution in [0, 0.1) is 0 Å². The lowest BCUT2D eigenvalue weighted by molar-refractivity contribution is 0.189. The highest BCUT2D eigenvalue weighted by molar-refractivity contribution is 9.10. The molecule has 1 unspecified atom stereocenters. The largest absolute Gasteiger partial charge is 0.322 e. The second-order valence-corrected chi connectivity index (χ2v) is 7.00. The van der Waals surface area contributed by atoms with Gasteiger partial charge in [-0.15, -0.1) is 0 Å². The summed E-state index contributed by atoms with van der Waals surface area (Å²) in [6.45, 7) is 2.63. The summed E-state index contributed by atoms with van der Waals surface area (Å²) in [4.78, 5) is 14.9. The van der Waals surface area contributed by atoms with Crippen molar-refractivity contribution in [3.8, 4) is 5.69 Å². The van der Waals surface area contributed by atoms with Gasteiger partial charge >= 0.3 is 6.03 Å². The zero-order valence-corrected chi connectivity index (χ0v) is 15.4. The van der Waals surface area contributed by atoms with E-state index in [1.54, 1.807) is 0 Å². The Hall–Kier alpha value is -2.53. The molecule has 2 amide bonds. The van der Waals surface area contributed by atoms with Crippen molar-refractivity contribution in [2.45, 2.75) is 19.5 Å². The predicted octanol–water partition coefficient (Wildman–Crippen LogP) is 5.35. The quantitative estimate of drug-likeness (QED) is 0.592. The summed E-state index contributed by atoms with van der Waals surface area (Å²) < 4.78 is 3.04. The Balaban J connectivity index is 1.71. The van der Waals surface area contributed by atoms with Gasteiger partial charge in [-0.05, 0) is 58.7 Å². The van der Waals surface area contributed by atoms with Gasteiger partial charge in [0.05, 0.1) is 24.0 Å². The second kappa shape index (κ2) is 6.41. The summed E-state index contributed by atoms with van der Waals surface area (Å²) in [5.41, 5.74) is 4.14. The van der Waals surface area contributed by atoms with Gasteiger partial charge in [-0.2, -0.15) is 0 Å². The molecule has 0 bridgehead atoms. The number of carbonyl (C=O) groups is 1. The van der Waals surface area contributed by atoms with Crippen LogP contribution in [0.2, 0.25) is 0 Å². The number of benzene rings is 2. The van der Waals surface area contributed by atoms with E-state index in [0.717, 1.165) is 27.1 Å². The van der Waals surface area contributed by atoms with Crippen molar-refractivity contribution in [3.63, 3.8) is 0 Å². The summed E-state index contributed by atoms with van der Waals surface area (Å²) in [6, 6.07) is 19.8. The van der Waals surface area contributed by atoms with Gasteiger partial charge in [0.2, 0.25) is 0 Å². The van der Waals surface area contributed by atoms with Crippen molar-refractivity contribution in [1.29, 1.82) is 0 Å². The van der Waals surface area contributed by atoms with Gasteiger partial charge in [-0.25, -0.2) is 4.79 Å². The molecule has 0 aliphatic carbocycles. The number of rotatable bonds is 1. The van der Waals surface area contributed by atoms with Crippen LogP contribution in [0.25, 0.3) is 5.69 Å². The molecule has 1 aromatic heterocycles. The number of anilines is 1. The van der Waals surface area contributed by atoms with Gasteiger partial charge in [-0.3, -0.25) is 0 Å². The monoisotopic (exact) mass is 395 g/mol. The summed E-state index contributed by atoms with van der Waals surface area (Å²) in [5.74, 6) is 0. The molecular formula is C20H18BrN3O. The molecule has 0 spiro atoms. The van der Waals surface area contributed by atoms with Crippen LogP contribution in [0.5, 0.6) is 0 Å². The van der Waals surface area contributed by atoms with Crippen LogP contribution in [0.15, 0.2) is 71.3 Å². The SMILES string of the molecule is CC1c2cccn2-c2ccccc2CN1C(=O)Nc1ccccc1Br. The maximum atomic E-state index is 13.0. The molecule has 0 fully saturated rings. The lowest BCUT2D eigenvalue weighted by Crippen LogP contribution is -2.36. The molecule has 126 valence electrons. The lowest BCUT2D eigenvalue weighted by Gasteiger charge is -2.28. The molecule has 0 saturated heterocycles. The molecule has 2 heterocycles. The van der Waals surface area contributed by atoms with Crippen molar-refractivity contribution < 1.29 is 4.79 Å². The predicted molar refractivity (Wildman–Crippen MR) is 103 cm³/mol. The van der Waals surface area contributed by atoms with Crippen LogP contribution in [-0.4, -0.2) is 15.5 Å². The van der Waals surface area contributed by atoms with E-state index >= 15 is 0 Å². The third-order valence-corrected chi connectivity index (χ3v) is 5.34. The van der Waals surface area contributed by atoms with Crippen molar-refractivity contribution in [3.05, 3.63) is 82.6 Å². The summed E-state index contributed by atoms with van der Waals surface area (Å²) in [6.07, 6.45) is 2.06. The topological polar surface area (TPSA) is 37.3 Å². The van der Waals surface area contributed by atoms with Crippen molar-refractivity contribution in [1.82, 2.24) is 9.47 Å². The Kier molecular flexibility index (Phi) is 4.09. The molecule has 5 heteroatoms. The molecule has 1 aliphatic rings. The van der Waals surface area contributed by atoms with Crippen molar-refractivity contribution >= 4 is 27.6 Å². The highest BCUT2D eigenvalue weighted by atomic mass is 79.9. The zero-order chi connectivity index (χ0) is 17.4. The third kappa shape index (κ3) is 2.85. The minimum Gasteiger partial charge on any atom is -0.318 e. The molecule has 25 heavy (non-hydrogen) atoms. The van der Waals surface area contributed by atoms with E-state index in [0.29, 0.717) is 6.54 Å². The standard InChI is InChI=1S/C20H18BrN3O/c1-14-18-11-6-12-23(18)19-10-5-2-7-15(19)13-24(14)20(25)22-17-9-4-3-8-16(17)21/h2-12,14H,13H2,1H3,(H,22,25). The summed E-state index contributed by atoms with van der Waals surface area (Å²) >= 11 is 3.49.